The highest BCUT2D eigenvalue weighted by atomic mass is 35.5. The average molecular weight is 552 g/mol. The average Bonchev–Trinajstić information content (AvgIpc) is 3.43. The Morgan fingerprint density at radius 2 is 1.85 bits per heavy atom. The summed E-state index contributed by atoms with van der Waals surface area (Å²) in [5.74, 6) is -0.143. The van der Waals surface area contributed by atoms with Crippen molar-refractivity contribution in [3.05, 3.63) is 124 Å². The Kier molecular flexibility index (Phi) is 7.03. The maximum atomic E-state index is 14.8. The van der Waals surface area contributed by atoms with Crippen LogP contribution in [0.25, 0.3) is 11.3 Å². The van der Waals surface area contributed by atoms with Gasteiger partial charge in [0.2, 0.25) is 5.95 Å². The molecular formula is C30H23ClFN7O. The molecule has 1 aliphatic heterocycles. The van der Waals surface area contributed by atoms with Gasteiger partial charge in [0.05, 0.1) is 30.0 Å². The molecule has 0 radical (unpaired) electrons. The van der Waals surface area contributed by atoms with Gasteiger partial charge in [0.15, 0.2) is 0 Å². The first kappa shape index (κ1) is 25.4. The van der Waals surface area contributed by atoms with E-state index < -0.39 is 0 Å². The molecule has 5 aromatic rings. The first-order valence-corrected chi connectivity index (χ1v) is 13.0. The molecule has 3 aromatic carbocycles. The molecule has 10 heteroatoms. The first-order valence-electron chi connectivity index (χ1n) is 12.6. The van der Waals surface area contributed by atoms with Crippen LogP contribution in [0.3, 0.4) is 0 Å². The lowest BCUT2D eigenvalue weighted by atomic mass is 9.95. The molecule has 6 rings (SSSR count). The van der Waals surface area contributed by atoms with Gasteiger partial charge in [-0.05, 0) is 48.5 Å². The number of imidazole rings is 1. The molecule has 2 aromatic heterocycles. The number of halogens is 2. The molecule has 1 aliphatic rings. The second-order valence-corrected chi connectivity index (χ2v) is 9.61. The number of nitrogens with one attached hydrogen (secondary N) is 3. The van der Waals surface area contributed by atoms with E-state index in [0.29, 0.717) is 52.0 Å². The zero-order chi connectivity index (χ0) is 27.5. The van der Waals surface area contributed by atoms with E-state index in [-0.39, 0.29) is 18.3 Å². The maximum Gasteiger partial charge on any atom is 0.251 e. The van der Waals surface area contributed by atoms with Gasteiger partial charge in [-0.3, -0.25) is 9.79 Å². The predicted octanol–water partition coefficient (Wildman–Crippen LogP) is 5.73. The summed E-state index contributed by atoms with van der Waals surface area (Å²) in [6.45, 7) is 0.775. The summed E-state index contributed by atoms with van der Waals surface area (Å²) in [6.07, 6.45) is 5.78. The van der Waals surface area contributed by atoms with E-state index in [4.69, 9.17) is 21.6 Å². The van der Waals surface area contributed by atoms with Crippen LogP contribution in [-0.2, 0) is 13.0 Å². The molecule has 0 aliphatic carbocycles. The standard InChI is InChI=1S/C30H23ClFN7O/c31-20-7-10-23-25(13-20)28(24-3-1-2-4-26(24)32)35-14-19-15-36-30(39-27(19)23)38-21-8-5-18(6-9-21)29(40)34-12-11-22-16-33-17-37-22/h1-10,13,15-17H,11-12,14H2,(H,33,37)(H,34,40)(H,36,38,39). The van der Waals surface area contributed by atoms with Crippen molar-refractivity contribution in [1.29, 1.82) is 0 Å². The number of hydrogen-bond acceptors (Lipinski definition) is 6. The lowest BCUT2D eigenvalue weighted by Crippen LogP contribution is -2.25. The van der Waals surface area contributed by atoms with Crippen molar-refractivity contribution in [2.75, 3.05) is 11.9 Å². The Morgan fingerprint density at radius 1 is 1.00 bits per heavy atom. The van der Waals surface area contributed by atoms with Crippen molar-refractivity contribution < 1.29 is 9.18 Å². The fourth-order valence-corrected chi connectivity index (χ4v) is 4.71. The highest BCUT2D eigenvalue weighted by Crippen LogP contribution is 2.34. The summed E-state index contributed by atoms with van der Waals surface area (Å²) in [5, 5.41) is 6.62. The van der Waals surface area contributed by atoms with Gasteiger partial charge in [0.1, 0.15) is 5.82 Å². The molecule has 8 nitrogen and oxygen atoms in total. The summed E-state index contributed by atoms with van der Waals surface area (Å²) in [6, 6.07) is 19.0. The minimum atomic E-state index is -0.360. The molecular weight excluding hydrogens is 529 g/mol. The largest absolute Gasteiger partial charge is 0.352 e. The number of rotatable bonds is 7. The molecule has 3 N–H and O–H groups in total. The van der Waals surface area contributed by atoms with Crippen molar-refractivity contribution in [2.24, 2.45) is 4.99 Å². The fourth-order valence-electron chi connectivity index (χ4n) is 4.54. The van der Waals surface area contributed by atoms with Crippen LogP contribution in [0, 0.1) is 5.82 Å². The Balaban J connectivity index is 1.22. The van der Waals surface area contributed by atoms with E-state index in [2.05, 4.69) is 25.6 Å². The van der Waals surface area contributed by atoms with Crippen LogP contribution in [0.2, 0.25) is 5.02 Å². The second kappa shape index (κ2) is 11.1. The topological polar surface area (TPSA) is 108 Å². The molecule has 1 amide bonds. The highest BCUT2D eigenvalue weighted by Gasteiger charge is 2.23. The quantitative estimate of drug-likeness (QED) is 0.239. The van der Waals surface area contributed by atoms with E-state index in [1.165, 1.54) is 6.07 Å². The van der Waals surface area contributed by atoms with Gasteiger partial charge in [-0.15, -0.1) is 0 Å². The lowest BCUT2D eigenvalue weighted by molar-refractivity contribution is 0.0954. The zero-order valence-electron chi connectivity index (χ0n) is 21.2. The number of H-pyrrole nitrogens is 1. The molecule has 40 heavy (non-hydrogen) atoms. The predicted molar refractivity (Wildman–Crippen MR) is 153 cm³/mol. The molecule has 198 valence electrons. The molecule has 3 heterocycles. The second-order valence-electron chi connectivity index (χ2n) is 9.17. The third-order valence-corrected chi connectivity index (χ3v) is 6.75. The molecule has 0 saturated heterocycles. The number of anilines is 2. The van der Waals surface area contributed by atoms with Crippen molar-refractivity contribution in [2.45, 2.75) is 13.0 Å². The van der Waals surface area contributed by atoms with Gasteiger partial charge in [-0.1, -0.05) is 29.8 Å². The van der Waals surface area contributed by atoms with Gasteiger partial charge in [-0.2, -0.15) is 0 Å². The van der Waals surface area contributed by atoms with E-state index in [1.807, 2.05) is 6.07 Å². The number of amides is 1. The summed E-state index contributed by atoms with van der Waals surface area (Å²) in [5.41, 5.74) is 6.04. The Hall–Kier alpha value is -4.89. The van der Waals surface area contributed by atoms with Crippen LogP contribution in [0.4, 0.5) is 16.0 Å². The number of hydrogen-bond donors (Lipinski definition) is 3. The third kappa shape index (κ3) is 5.32. The number of aromatic nitrogens is 4. The number of aromatic amines is 1. The van der Waals surface area contributed by atoms with Crippen molar-refractivity contribution >= 4 is 34.9 Å². The summed E-state index contributed by atoms with van der Waals surface area (Å²) in [7, 11) is 0. The molecule has 0 bridgehead atoms. The van der Waals surface area contributed by atoms with E-state index >= 15 is 0 Å². The minimum Gasteiger partial charge on any atom is -0.352 e. The van der Waals surface area contributed by atoms with Crippen LogP contribution in [-0.4, -0.2) is 38.1 Å². The zero-order valence-corrected chi connectivity index (χ0v) is 21.9. The van der Waals surface area contributed by atoms with Gasteiger partial charge in [0.25, 0.3) is 5.91 Å². The number of aliphatic imine (C=N–C) groups is 1. The van der Waals surface area contributed by atoms with E-state index in [1.54, 1.807) is 73.3 Å². The number of carbonyl (C=O) groups excluding carboxylic acids is 1. The molecule has 0 atom stereocenters. The van der Waals surface area contributed by atoms with Crippen LogP contribution in [0.5, 0.6) is 0 Å². The highest BCUT2D eigenvalue weighted by molar-refractivity contribution is 6.31. The SMILES string of the molecule is O=C(NCCc1c[nH]cn1)c1ccc(Nc2ncc3c(n2)-c2ccc(Cl)cc2C(c2ccccc2F)=NC3)cc1. The summed E-state index contributed by atoms with van der Waals surface area (Å²) < 4.78 is 14.8. The third-order valence-electron chi connectivity index (χ3n) is 6.52. The minimum absolute atomic E-state index is 0.163. The van der Waals surface area contributed by atoms with Gasteiger partial charge in [0, 0.05) is 63.9 Å². The summed E-state index contributed by atoms with van der Waals surface area (Å²) in [4.78, 5) is 33.5. The van der Waals surface area contributed by atoms with Gasteiger partial charge < -0.3 is 15.6 Å². The molecule has 0 spiro atoms. The van der Waals surface area contributed by atoms with Gasteiger partial charge in [-0.25, -0.2) is 19.3 Å². The normalized spacial score (nSPS) is 12.1. The monoisotopic (exact) mass is 551 g/mol. The summed E-state index contributed by atoms with van der Waals surface area (Å²) >= 11 is 6.35. The van der Waals surface area contributed by atoms with E-state index in [9.17, 15) is 9.18 Å². The first-order chi connectivity index (χ1) is 19.5. The van der Waals surface area contributed by atoms with Crippen molar-refractivity contribution in [3.63, 3.8) is 0 Å². The maximum absolute atomic E-state index is 14.8. The smallest absolute Gasteiger partial charge is 0.251 e. The van der Waals surface area contributed by atoms with Crippen LogP contribution in [0.1, 0.15) is 32.7 Å². The number of fused-ring (bicyclic) bond motifs is 3. The molecule has 0 fully saturated rings. The van der Waals surface area contributed by atoms with Crippen LogP contribution >= 0.6 is 11.6 Å². The number of carbonyl (C=O) groups is 1. The Bertz CT molecular complexity index is 1720. The number of nitrogens with zero attached hydrogens (tertiary/aromatic N) is 4. The molecule has 0 unspecified atom stereocenters. The Labute approximate surface area is 234 Å². The fraction of sp³-hybridized carbons (Fsp3) is 0.100. The van der Waals surface area contributed by atoms with E-state index in [0.717, 1.165) is 22.5 Å². The van der Waals surface area contributed by atoms with Crippen LogP contribution < -0.4 is 10.6 Å². The number of benzene rings is 3. The van der Waals surface area contributed by atoms with Crippen LogP contribution in [0.15, 0.2) is 90.4 Å². The molecule has 0 saturated carbocycles. The van der Waals surface area contributed by atoms with Gasteiger partial charge >= 0.3 is 0 Å². The van der Waals surface area contributed by atoms with Crippen molar-refractivity contribution in [3.8, 4) is 11.3 Å². The lowest BCUT2D eigenvalue weighted by Gasteiger charge is -2.13. The Morgan fingerprint density at radius 3 is 2.65 bits per heavy atom. The van der Waals surface area contributed by atoms with Crippen molar-refractivity contribution in [1.82, 2.24) is 25.3 Å².